The normalized spacial score (nSPS) is 15.6. The molecule has 2 aromatic carbocycles. The van der Waals surface area contributed by atoms with Crippen molar-refractivity contribution in [3.63, 3.8) is 0 Å². The maximum absolute atomic E-state index is 12.5. The van der Waals surface area contributed by atoms with E-state index < -0.39 is 17.1 Å². The molecule has 1 fully saturated rings. The van der Waals surface area contributed by atoms with E-state index in [4.69, 9.17) is 0 Å². The molecular formula is C20H18N2O3S. The molecule has 0 aliphatic carbocycles. The smallest absolute Gasteiger partial charge is 0.294 e. The highest BCUT2D eigenvalue weighted by Crippen LogP contribution is 2.32. The standard InChI is InChI=1S/C20H18N2O3S/c1-13-7-9-15(10-8-13)11-17-19(24)22(20(25)26-17)12-18(23)21-16-6-4-3-5-14(16)2/h3-11H,12H2,1-2H3,(H,21,23). The molecule has 2 aromatic rings. The van der Waals surface area contributed by atoms with Crippen LogP contribution in [0, 0.1) is 13.8 Å². The van der Waals surface area contributed by atoms with Crippen molar-refractivity contribution < 1.29 is 14.4 Å². The van der Waals surface area contributed by atoms with Crippen molar-refractivity contribution >= 4 is 40.6 Å². The summed E-state index contributed by atoms with van der Waals surface area (Å²) in [7, 11) is 0. The maximum atomic E-state index is 12.5. The fraction of sp³-hybridized carbons (Fsp3) is 0.150. The van der Waals surface area contributed by atoms with Gasteiger partial charge in [-0.3, -0.25) is 19.3 Å². The van der Waals surface area contributed by atoms with Crippen LogP contribution in [-0.4, -0.2) is 28.5 Å². The zero-order chi connectivity index (χ0) is 18.7. The summed E-state index contributed by atoms with van der Waals surface area (Å²) in [4.78, 5) is 38.1. The number of hydrogen-bond acceptors (Lipinski definition) is 4. The highest BCUT2D eigenvalue weighted by atomic mass is 32.2. The van der Waals surface area contributed by atoms with E-state index in [1.807, 2.05) is 56.3 Å². The first-order chi connectivity index (χ1) is 12.4. The van der Waals surface area contributed by atoms with Gasteiger partial charge in [-0.15, -0.1) is 0 Å². The number of para-hydroxylation sites is 1. The second-order valence-corrected chi connectivity index (χ2v) is 7.03. The van der Waals surface area contributed by atoms with Crippen LogP contribution in [0.5, 0.6) is 0 Å². The number of nitrogens with zero attached hydrogens (tertiary/aromatic N) is 1. The van der Waals surface area contributed by atoms with Gasteiger partial charge in [-0.05, 0) is 48.9 Å². The van der Waals surface area contributed by atoms with Crippen LogP contribution in [0.2, 0.25) is 0 Å². The van der Waals surface area contributed by atoms with Crippen molar-refractivity contribution in [1.29, 1.82) is 0 Å². The predicted molar refractivity (Wildman–Crippen MR) is 104 cm³/mol. The SMILES string of the molecule is Cc1ccc(C=C2SC(=O)N(CC(=O)Nc3ccccc3C)C2=O)cc1. The Morgan fingerprint density at radius 2 is 1.77 bits per heavy atom. The Morgan fingerprint density at radius 3 is 2.46 bits per heavy atom. The average molecular weight is 366 g/mol. The summed E-state index contributed by atoms with van der Waals surface area (Å²) in [6.07, 6.45) is 1.67. The van der Waals surface area contributed by atoms with Crippen molar-refractivity contribution in [3.05, 3.63) is 70.1 Å². The highest BCUT2D eigenvalue weighted by molar-refractivity contribution is 8.18. The van der Waals surface area contributed by atoms with Gasteiger partial charge in [0.15, 0.2) is 0 Å². The fourth-order valence-electron chi connectivity index (χ4n) is 2.50. The number of nitrogens with one attached hydrogen (secondary N) is 1. The van der Waals surface area contributed by atoms with Gasteiger partial charge in [0.2, 0.25) is 5.91 Å². The first-order valence-electron chi connectivity index (χ1n) is 8.11. The monoisotopic (exact) mass is 366 g/mol. The van der Waals surface area contributed by atoms with Gasteiger partial charge in [0, 0.05) is 5.69 Å². The van der Waals surface area contributed by atoms with E-state index >= 15 is 0 Å². The van der Waals surface area contributed by atoms with Gasteiger partial charge < -0.3 is 5.32 Å². The third kappa shape index (κ3) is 4.03. The molecule has 1 aliphatic heterocycles. The number of imide groups is 1. The van der Waals surface area contributed by atoms with E-state index in [2.05, 4.69) is 5.32 Å². The molecular weight excluding hydrogens is 348 g/mol. The van der Waals surface area contributed by atoms with Crippen molar-refractivity contribution in [1.82, 2.24) is 4.90 Å². The number of amides is 3. The molecule has 0 radical (unpaired) electrons. The lowest BCUT2D eigenvalue weighted by Crippen LogP contribution is -2.36. The third-order valence-electron chi connectivity index (χ3n) is 3.97. The third-order valence-corrected chi connectivity index (χ3v) is 4.88. The first kappa shape index (κ1) is 17.9. The Labute approximate surface area is 156 Å². The van der Waals surface area contributed by atoms with Gasteiger partial charge in [0.25, 0.3) is 11.1 Å². The Balaban J connectivity index is 1.70. The minimum Gasteiger partial charge on any atom is -0.324 e. The van der Waals surface area contributed by atoms with Crippen LogP contribution in [0.4, 0.5) is 10.5 Å². The molecule has 0 spiro atoms. The molecule has 1 aliphatic rings. The summed E-state index contributed by atoms with van der Waals surface area (Å²) in [5.74, 6) is -0.848. The molecule has 3 rings (SSSR count). The predicted octanol–water partition coefficient (Wildman–Crippen LogP) is 3.98. The van der Waals surface area contributed by atoms with E-state index in [1.54, 1.807) is 12.1 Å². The zero-order valence-electron chi connectivity index (χ0n) is 14.5. The van der Waals surface area contributed by atoms with Crippen LogP contribution in [-0.2, 0) is 9.59 Å². The van der Waals surface area contributed by atoms with Gasteiger partial charge in [-0.2, -0.15) is 0 Å². The Hall–Kier alpha value is -2.86. The van der Waals surface area contributed by atoms with Crippen LogP contribution >= 0.6 is 11.8 Å². The summed E-state index contributed by atoms with van der Waals surface area (Å²) in [5, 5.41) is 2.30. The molecule has 5 nitrogen and oxygen atoms in total. The lowest BCUT2D eigenvalue weighted by atomic mass is 10.1. The van der Waals surface area contributed by atoms with Crippen LogP contribution in [0.25, 0.3) is 6.08 Å². The number of carbonyl (C=O) groups is 3. The summed E-state index contributed by atoms with van der Waals surface area (Å²) in [6, 6.07) is 15.0. The summed E-state index contributed by atoms with van der Waals surface area (Å²) >= 11 is 0.851. The molecule has 0 saturated carbocycles. The largest absolute Gasteiger partial charge is 0.324 e. The van der Waals surface area contributed by atoms with Crippen LogP contribution in [0.1, 0.15) is 16.7 Å². The average Bonchev–Trinajstić information content (AvgIpc) is 2.86. The lowest BCUT2D eigenvalue weighted by molar-refractivity contribution is -0.127. The molecule has 3 amide bonds. The van der Waals surface area contributed by atoms with E-state index in [0.29, 0.717) is 10.6 Å². The summed E-state index contributed by atoms with van der Waals surface area (Å²) in [6.45, 7) is 3.55. The number of thioether (sulfide) groups is 1. The Bertz CT molecular complexity index is 904. The van der Waals surface area contributed by atoms with Crippen LogP contribution < -0.4 is 5.32 Å². The molecule has 1 heterocycles. The highest BCUT2D eigenvalue weighted by Gasteiger charge is 2.36. The number of hydrogen-bond donors (Lipinski definition) is 1. The Kier molecular flexibility index (Phi) is 5.23. The second kappa shape index (κ2) is 7.58. The molecule has 0 atom stereocenters. The van der Waals surface area contributed by atoms with Crippen molar-refractivity contribution in [2.45, 2.75) is 13.8 Å². The van der Waals surface area contributed by atoms with Crippen LogP contribution in [0.3, 0.4) is 0 Å². The Morgan fingerprint density at radius 1 is 1.08 bits per heavy atom. The molecule has 0 bridgehead atoms. The van der Waals surface area contributed by atoms with E-state index in [0.717, 1.165) is 33.4 Å². The van der Waals surface area contributed by atoms with E-state index in [9.17, 15) is 14.4 Å². The van der Waals surface area contributed by atoms with Crippen molar-refractivity contribution in [3.8, 4) is 0 Å². The minimum atomic E-state index is -0.444. The molecule has 6 heteroatoms. The summed E-state index contributed by atoms with van der Waals surface area (Å²) in [5.41, 5.74) is 3.53. The van der Waals surface area contributed by atoms with Crippen LogP contribution in [0.15, 0.2) is 53.4 Å². The first-order valence-corrected chi connectivity index (χ1v) is 8.93. The summed E-state index contributed by atoms with van der Waals surface area (Å²) < 4.78 is 0. The van der Waals surface area contributed by atoms with E-state index in [-0.39, 0.29) is 6.54 Å². The molecule has 26 heavy (non-hydrogen) atoms. The lowest BCUT2D eigenvalue weighted by Gasteiger charge is -2.13. The fourth-order valence-corrected chi connectivity index (χ4v) is 3.34. The molecule has 0 aromatic heterocycles. The molecule has 1 saturated heterocycles. The number of carbonyl (C=O) groups excluding carboxylic acids is 3. The van der Waals surface area contributed by atoms with Gasteiger partial charge >= 0.3 is 0 Å². The maximum Gasteiger partial charge on any atom is 0.294 e. The van der Waals surface area contributed by atoms with Crippen molar-refractivity contribution in [2.24, 2.45) is 0 Å². The molecule has 132 valence electrons. The molecule has 1 N–H and O–H groups in total. The van der Waals surface area contributed by atoms with Gasteiger partial charge in [0.05, 0.1) is 4.91 Å². The molecule has 0 unspecified atom stereocenters. The topological polar surface area (TPSA) is 66.5 Å². The quantitative estimate of drug-likeness (QED) is 0.831. The number of rotatable bonds is 4. The number of aryl methyl sites for hydroxylation is 2. The van der Waals surface area contributed by atoms with Gasteiger partial charge in [-0.1, -0.05) is 48.0 Å². The second-order valence-electron chi connectivity index (χ2n) is 6.04. The zero-order valence-corrected chi connectivity index (χ0v) is 15.3. The van der Waals surface area contributed by atoms with Gasteiger partial charge in [-0.25, -0.2) is 0 Å². The number of anilines is 1. The number of benzene rings is 2. The van der Waals surface area contributed by atoms with E-state index in [1.165, 1.54) is 0 Å². The minimum absolute atomic E-state index is 0.301. The van der Waals surface area contributed by atoms with Gasteiger partial charge in [0.1, 0.15) is 6.54 Å². The van der Waals surface area contributed by atoms with Crippen molar-refractivity contribution in [2.75, 3.05) is 11.9 Å².